The summed E-state index contributed by atoms with van der Waals surface area (Å²) in [5, 5.41) is 0. The monoisotopic (exact) mass is 366 g/mol. The van der Waals surface area contributed by atoms with Crippen LogP contribution >= 0.6 is 0 Å². The minimum absolute atomic E-state index is 0.154. The van der Waals surface area contributed by atoms with Crippen LogP contribution in [-0.4, -0.2) is 18.8 Å². The summed E-state index contributed by atoms with van der Waals surface area (Å²) in [5.41, 5.74) is 0.411. The van der Waals surface area contributed by atoms with E-state index in [0.717, 1.165) is 0 Å². The van der Waals surface area contributed by atoms with Gasteiger partial charge in [-0.2, -0.15) is 13.2 Å². The molecule has 2 aromatic carbocycles. The van der Waals surface area contributed by atoms with Gasteiger partial charge in [-0.3, -0.25) is 0 Å². The Bertz CT molecular complexity index is 667. The number of carbonyl (C=O) groups is 1. The Morgan fingerprint density at radius 3 is 2.12 bits per heavy atom. The molecule has 0 aliphatic rings. The number of hydrogen-bond acceptors (Lipinski definition) is 3. The van der Waals surface area contributed by atoms with E-state index in [1.54, 1.807) is 48.5 Å². The normalized spacial score (nSPS) is 11.2. The smallest absolute Gasteiger partial charge is 0.389 e. The van der Waals surface area contributed by atoms with Crippen molar-refractivity contribution in [2.45, 2.75) is 38.3 Å². The first kappa shape index (κ1) is 19.8. The van der Waals surface area contributed by atoms with E-state index in [1.165, 1.54) is 0 Å². The van der Waals surface area contributed by atoms with Crippen molar-refractivity contribution in [3.05, 3.63) is 60.2 Å². The molecule has 0 aliphatic heterocycles. The van der Waals surface area contributed by atoms with E-state index in [-0.39, 0.29) is 6.42 Å². The van der Waals surface area contributed by atoms with E-state index in [9.17, 15) is 18.0 Å². The Morgan fingerprint density at radius 2 is 1.46 bits per heavy atom. The van der Waals surface area contributed by atoms with E-state index in [4.69, 9.17) is 9.47 Å². The van der Waals surface area contributed by atoms with Crippen LogP contribution in [0, 0.1) is 0 Å². The van der Waals surface area contributed by atoms with Crippen molar-refractivity contribution in [1.29, 1.82) is 0 Å². The van der Waals surface area contributed by atoms with Gasteiger partial charge in [-0.1, -0.05) is 31.0 Å². The van der Waals surface area contributed by atoms with Gasteiger partial charge in [-0.25, -0.2) is 4.79 Å². The zero-order chi connectivity index (χ0) is 18.8. The number of rotatable bonds is 9. The third kappa shape index (κ3) is 7.59. The summed E-state index contributed by atoms with van der Waals surface area (Å²) in [6.45, 7) is 0.430. The maximum Gasteiger partial charge on any atom is 0.389 e. The molecule has 0 atom stereocenters. The number of hydrogen-bond donors (Lipinski definition) is 0. The Labute approximate surface area is 150 Å². The largest absolute Gasteiger partial charge is 0.494 e. The first-order chi connectivity index (χ1) is 12.4. The van der Waals surface area contributed by atoms with Crippen LogP contribution < -0.4 is 9.47 Å². The van der Waals surface area contributed by atoms with Crippen molar-refractivity contribution in [3.63, 3.8) is 0 Å². The fraction of sp³-hybridized carbons (Fsp3) is 0.350. The molecule has 0 radical (unpaired) electrons. The SMILES string of the molecule is O=C(Oc1ccccc1)c1ccc(OCCCCCCC(F)(F)F)cc1. The number of benzene rings is 2. The molecule has 0 heterocycles. The fourth-order valence-electron chi connectivity index (χ4n) is 2.31. The fourth-order valence-corrected chi connectivity index (χ4v) is 2.31. The maximum atomic E-state index is 12.0. The highest BCUT2D eigenvalue weighted by Gasteiger charge is 2.25. The van der Waals surface area contributed by atoms with E-state index >= 15 is 0 Å². The molecule has 0 saturated heterocycles. The number of esters is 1. The van der Waals surface area contributed by atoms with E-state index in [1.807, 2.05) is 6.07 Å². The summed E-state index contributed by atoms with van der Waals surface area (Å²) < 4.78 is 46.8. The molecule has 0 amide bonds. The zero-order valence-electron chi connectivity index (χ0n) is 14.3. The number of ether oxygens (including phenoxy) is 2. The molecule has 0 spiro atoms. The number of carbonyl (C=O) groups excluding carboxylic acids is 1. The predicted octanol–water partition coefficient (Wildman–Crippen LogP) is 5.80. The molecule has 0 aliphatic carbocycles. The van der Waals surface area contributed by atoms with E-state index in [2.05, 4.69) is 0 Å². The van der Waals surface area contributed by atoms with Crippen molar-refractivity contribution in [1.82, 2.24) is 0 Å². The molecule has 26 heavy (non-hydrogen) atoms. The van der Waals surface area contributed by atoms with Gasteiger partial charge in [0.2, 0.25) is 0 Å². The van der Waals surface area contributed by atoms with Gasteiger partial charge in [-0.15, -0.1) is 0 Å². The Hall–Kier alpha value is -2.50. The Kier molecular flexibility index (Phi) is 7.51. The zero-order valence-corrected chi connectivity index (χ0v) is 14.3. The van der Waals surface area contributed by atoms with Crippen molar-refractivity contribution in [2.24, 2.45) is 0 Å². The van der Waals surface area contributed by atoms with Crippen LogP contribution in [0.5, 0.6) is 11.5 Å². The summed E-state index contributed by atoms with van der Waals surface area (Å²) in [7, 11) is 0. The number of halogens is 3. The molecule has 0 aromatic heterocycles. The highest BCUT2D eigenvalue weighted by molar-refractivity contribution is 5.91. The second-order valence-electron chi connectivity index (χ2n) is 5.85. The van der Waals surface area contributed by atoms with Gasteiger partial charge in [0.15, 0.2) is 0 Å². The van der Waals surface area contributed by atoms with Crippen molar-refractivity contribution in [2.75, 3.05) is 6.61 Å². The van der Waals surface area contributed by atoms with Crippen LogP contribution in [-0.2, 0) is 0 Å². The third-order valence-electron chi connectivity index (χ3n) is 3.67. The van der Waals surface area contributed by atoms with Crippen molar-refractivity contribution >= 4 is 5.97 Å². The van der Waals surface area contributed by atoms with Crippen molar-refractivity contribution in [3.8, 4) is 11.5 Å². The minimum atomic E-state index is -4.07. The topological polar surface area (TPSA) is 35.5 Å². The molecular formula is C20H21F3O3. The lowest BCUT2D eigenvalue weighted by Gasteiger charge is -2.08. The lowest BCUT2D eigenvalue weighted by Crippen LogP contribution is -2.08. The Balaban J connectivity index is 1.66. The van der Waals surface area contributed by atoms with Crippen molar-refractivity contribution < 1.29 is 27.4 Å². The summed E-state index contributed by atoms with van der Waals surface area (Å²) in [5.74, 6) is 0.632. The molecule has 2 rings (SSSR count). The summed E-state index contributed by atoms with van der Waals surface area (Å²) in [4.78, 5) is 12.0. The maximum absolute atomic E-state index is 12.0. The molecule has 140 valence electrons. The Morgan fingerprint density at radius 1 is 0.808 bits per heavy atom. The van der Waals surface area contributed by atoms with Crippen LogP contribution in [0.2, 0.25) is 0 Å². The van der Waals surface area contributed by atoms with Gasteiger partial charge in [-0.05, 0) is 49.2 Å². The van der Waals surface area contributed by atoms with Gasteiger partial charge in [0.25, 0.3) is 0 Å². The lowest BCUT2D eigenvalue weighted by atomic mass is 10.1. The minimum Gasteiger partial charge on any atom is -0.494 e. The van der Waals surface area contributed by atoms with Crippen LogP contribution in [0.4, 0.5) is 13.2 Å². The summed E-state index contributed by atoms with van der Waals surface area (Å²) in [6, 6.07) is 15.4. The summed E-state index contributed by atoms with van der Waals surface area (Å²) in [6.07, 6.45) is -2.73. The van der Waals surface area contributed by atoms with Gasteiger partial charge >= 0.3 is 12.1 Å². The average molecular weight is 366 g/mol. The van der Waals surface area contributed by atoms with Crippen LogP contribution in [0.25, 0.3) is 0 Å². The van der Waals surface area contributed by atoms with Crippen LogP contribution in [0.3, 0.4) is 0 Å². The average Bonchev–Trinajstić information content (AvgIpc) is 2.61. The van der Waals surface area contributed by atoms with Gasteiger partial charge in [0.1, 0.15) is 11.5 Å². The highest BCUT2D eigenvalue weighted by Crippen LogP contribution is 2.23. The van der Waals surface area contributed by atoms with Crippen LogP contribution in [0.1, 0.15) is 42.5 Å². The summed E-state index contributed by atoms with van der Waals surface area (Å²) >= 11 is 0. The molecule has 2 aromatic rings. The predicted molar refractivity (Wildman–Crippen MR) is 92.5 cm³/mol. The molecule has 3 nitrogen and oxygen atoms in total. The molecule has 0 saturated carbocycles. The number of para-hydroxylation sites is 1. The number of alkyl halides is 3. The number of unbranched alkanes of at least 4 members (excludes halogenated alkanes) is 3. The van der Waals surface area contributed by atoms with E-state index < -0.39 is 18.6 Å². The molecular weight excluding hydrogens is 345 g/mol. The molecule has 0 unspecified atom stereocenters. The van der Waals surface area contributed by atoms with E-state index in [0.29, 0.717) is 42.9 Å². The molecule has 0 N–H and O–H groups in total. The van der Waals surface area contributed by atoms with Crippen LogP contribution in [0.15, 0.2) is 54.6 Å². The quantitative estimate of drug-likeness (QED) is 0.320. The first-order valence-electron chi connectivity index (χ1n) is 8.51. The second kappa shape index (κ2) is 9.85. The lowest BCUT2D eigenvalue weighted by molar-refractivity contribution is -0.135. The second-order valence-corrected chi connectivity index (χ2v) is 5.85. The van der Waals surface area contributed by atoms with Gasteiger partial charge in [0.05, 0.1) is 12.2 Å². The first-order valence-corrected chi connectivity index (χ1v) is 8.51. The van der Waals surface area contributed by atoms with Gasteiger partial charge < -0.3 is 9.47 Å². The third-order valence-corrected chi connectivity index (χ3v) is 3.67. The molecule has 6 heteroatoms. The molecule has 0 bridgehead atoms. The van der Waals surface area contributed by atoms with Gasteiger partial charge in [0, 0.05) is 6.42 Å². The standard InChI is InChI=1S/C20H21F3O3/c21-20(22,23)14-6-1-2-7-15-25-17-12-10-16(11-13-17)19(24)26-18-8-4-3-5-9-18/h3-5,8-13H,1-2,6-7,14-15H2. The highest BCUT2D eigenvalue weighted by atomic mass is 19.4. The molecule has 0 fully saturated rings.